The Morgan fingerprint density at radius 2 is 2.00 bits per heavy atom. The maximum absolute atomic E-state index is 11.1. The molecule has 0 fully saturated rings. The second kappa shape index (κ2) is 3.90. The smallest absolute Gasteiger partial charge is 0.251 e. The highest BCUT2D eigenvalue weighted by molar-refractivity contribution is 5.93. The lowest BCUT2D eigenvalue weighted by Crippen LogP contribution is -2.17. The van der Waals surface area contributed by atoms with Crippen molar-refractivity contribution < 1.29 is 6.22 Å². The van der Waals surface area contributed by atoms with Gasteiger partial charge in [0.05, 0.1) is 0 Å². The van der Waals surface area contributed by atoms with E-state index in [4.69, 9.17) is 0 Å². The van der Waals surface area contributed by atoms with Crippen molar-refractivity contribution in [3.8, 4) is 0 Å². The highest BCUT2D eigenvalue weighted by atomic mass is 16.1. The average molecular weight is 165 g/mol. The van der Waals surface area contributed by atoms with E-state index in [1.165, 1.54) is 5.56 Å². The van der Waals surface area contributed by atoms with E-state index in [0.29, 0.717) is 0 Å². The molecule has 0 saturated carbocycles. The number of carbonyl (C=O) groups is 1. The molecule has 0 radical (unpaired) electrons. The largest absolute Gasteiger partial charge is 0.355 e. The third-order valence-corrected chi connectivity index (χ3v) is 1.85. The monoisotopic (exact) mass is 165 g/mol. The average Bonchev–Trinajstić information content (AvgIpc) is 2.17. The molecule has 0 bridgehead atoms. The van der Waals surface area contributed by atoms with Gasteiger partial charge >= 0.3 is 0 Å². The molecule has 0 aliphatic rings. The molecule has 1 N–H and O–H groups in total. The van der Waals surface area contributed by atoms with Crippen molar-refractivity contribution in [1.82, 2.24) is 5.32 Å². The van der Waals surface area contributed by atoms with Crippen LogP contribution >= 0.6 is 0 Å². The van der Waals surface area contributed by atoms with E-state index >= 15 is 0 Å². The maximum atomic E-state index is 11.1. The SMILES string of the molecule is CCc1ccc(C(=O)NC)cc1.[HH]. The van der Waals surface area contributed by atoms with Gasteiger partial charge in [0.25, 0.3) is 5.91 Å². The lowest BCUT2D eigenvalue weighted by molar-refractivity contribution is 0.0963. The third-order valence-electron chi connectivity index (χ3n) is 1.85. The first-order valence-corrected chi connectivity index (χ1v) is 4.09. The Kier molecular flexibility index (Phi) is 2.86. The van der Waals surface area contributed by atoms with Crippen LogP contribution in [-0.4, -0.2) is 13.0 Å². The minimum absolute atomic E-state index is 0. The molecular weight excluding hydrogens is 150 g/mol. The Labute approximate surface area is 74.1 Å². The highest BCUT2D eigenvalue weighted by Gasteiger charge is 2.00. The van der Waals surface area contributed by atoms with E-state index in [0.717, 1.165) is 12.0 Å². The van der Waals surface area contributed by atoms with Gasteiger partial charge in [-0.2, -0.15) is 0 Å². The predicted molar refractivity (Wildman–Crippen MR) is 51.3 cm³/mol. The van der Waals surface area contributed by atoms with Crippen LogP contribution < -0.4 is 5.32 Å². The zero-order chi connectivity index (χ0) is 8.97. The van der Waals surface area contributed by atoms with Gasteiger partial charge in [-0.3, -0.25) is 4.79 Å². The lowest BCUT2D eigenvalue weighted by atomic mass is 10.1. The van der Waals surface area contributed by atoms with Crippen LogP contribution in [0.25, 0.3) is 0 Å². The first-order valence-electron chi connectivity index (χ1n) is 4.09. The summed E-state index contributed by atoms with van der Waals surface area (Å²) in [6.07, 6.45) is 1.01. The van der Waals surface area contributed by atoms with Crippen LogP contribution in [0.5, 0.6) is 0 Å². The Balaban J connectivity index is 0.00000144. The quantitative estimate of drug-likeness (QED) is 0.712. The number of hydrogen-bond donors (Lipinski definition) is 1. The molecule has 0 spiro atoms. The molecule has 0 aromatic heterocycles. The van der Waals surface area contributed by atoms with Crippen molar-refractivity contribution in [2.75, 3.05) is 7.05 Å². The first-order chi connectivity index (χ1) is 5.77. The van der Waals surface area contributed by atoms with Crippen molar-refractivity contribution in [3.63, 3.8) is 0 Å². The van der Waals surface area contributed by atoms with Gasteiger partial charge in [-0.25, -0.2) is 0 Å². The molecule has 0 atom stereocenters. The van der Waals surface area contributed by atoms with Crippen LogP contribution in [-0.2, 0) is 6.42 Å². The van der Waals surface area contributed by atoms with Crippen LogP contribution in [0.15, 0.2) is 24.3 Å². The Bertz CT molecular complexity index is 269. The molecule has 0 saturated heterocycles. The molecule has 12 heavy (non-hydrogen) atoms. The minimum Gasteiger partial charge on any atom is -0.355 e. The molecule has 66 valence electrons. The van der Waals surface area contributed by atoms with Gasteiger partial charge in [-0.1, -0.05) is 19.1 Å². The van der Waals surface area contributed by atoms with Gasteiger partial charge in [0.1, 0.15) is 0 Å². The summed E-state index contributed by atoms with van der Waals surface area (Å²) in [6, 6.07) is 7.64. The molecular formula is C10H15NO. The topological polar surface area (TPSA) is 29.1 Å². The third kappa shape index (κ3) is 1.84. The molecule has 0 heterocycles. The van der Waals surface area contributed by atoms with Crippen molar-refractivity contribution in [2.45, 2.75) is 13.3 Å². The number of hydrogen-bond acceptors (Lipinski definition) is 1. The fourth-order valence-electron chi connectivity index (χ4n) is 1.04. The molecule has 1 aromatic rings. The van der Waals surface area contributed by atoms with Crippen LogP contribution in [0.4, 0.5) is 0 Å². The van der Waals surface area contributed by atoms with Crippen molar-refractivity contribution in [2.24, 2.45) is 0 Å². The van der Waals surface area contributed by atoms with Gasteiger partial charge in [0, 0.05) is 14.0 Å². The Hall–Kier alpha value is -1.31. The number of amides is 1. The van der Waals surface area contributed by atoms with Gasteiger partial charge in [0.2, 0.25) is 0 Å². The normalized spacial score (nSPS) is 9.50. The summed E-state index contributed by atoms with van der Waals surface area (Å²) in [4.78, 5) is 11.1. The summed E-state index contributed by atoms with van der Waals surface area (Å²) in [5.74, 6) is -0.0300. The van der Waals surface area contributed by atoms with E-state index in [2.05, 4.69) is 12.2 Å². The van der Waals surface area contributed by atoms with E-state index in [1.54, 1.807) is 7.05 Å². The van der Waals surface area contributed by atoms with E-state index < -0.39 is 0 Å². The van der Waals surface area contributed by atoms with Gasteiger partial charge in [-0.05, 0) is 24.1 Å². The van der Waals surface area contributed by atoms with E-state index in [-0.39, 0.29) is 7.33 Å². The van der Waals surface area contributed by atoms with Crippen LogP contribution in [0.1, 0.15) is 24.3 Å². The van der Waals surface area contributed by atoms with Crippen molar-refractivity contribution in [1.29, 1.82) is 0 Å². The highest BCUT2D eigenvalue weighted by Crippen LogP contribution is 2.04. The number of nitrogens with one attached hydrogen (secondary N) is 1. The molecule has 0 unspecified atom stereocenters. The summed E-state index contributed by atoms with van der Waals surface area (Å²) in [7, 11) is 1.63. The zero-order valence-electron chi connectivity index (χ0n) is 7.42. The zero-order valence-corrected chi connectivity index (χ0v) is 7.42. The molecule has 2 nitrogen and oxygen atoms in total. The van der Waals surface area contributed by atoms with E-state index in [1.807, 2.05) is 24.3 Å². The summed E-state index contributed by atoms with van der Waals surface area (Å²) in [5, 5.41) is 2.58. The van der Waals surface area contributed by atoms with Gasteiger partial charge in [-0.15, -0.1) is 0 Å². The Morgan fingerprint density at radius 1 is 1.42 bits per heavy atom. The van der Waals surface area contributed by atoms with Crippen LogP contribution in [0, 0.1) is 0 Å². The predicted octanol–water partition coefficient (Wildman–Crippen LogP) is 1.85. The summed E-state index contributed by atoms with van der Waals surface area (Å²) in [6.45, 7) is 2.09. The standard InChI is InChI=1S/C10H13NO.H2/c1-3-8-4-6-9(7-5-8)10(12)11-2;/h4-7H,3H2,1-2H3,(H,11,12);1H. The first kappa shape index (κ1) is 8.78. The lowest BCUT2D eigenvalue weighted by Gasteiger charge is -2.00. The molecule has 1 rings (SSSR count). The minimum atomic E-state index is -0.0300. The fourth-order valence-corrected chi connectivity index (χ4v) is 1.04. The Morgan fingerprint density at radius 3 is 2.42 bits per heavy atom. The molecule has 1 amide bonds. The number of carbonyl (C=O) groups excluding carboxylic acids is 1. The molecule has 1 aromatic carbocycles. The number of benzene rings is 1. The number of aryl methyl sites for hydroxylation is 1. The van der Waals surface area contributed by atoms with Crippen LogP contribution in [0.3, 0.4) is 0 Å². The number of rotatable bonds is 2. The van der Waals surface area contributed by atoms with E-state index in [9.17, 15) is 4.79 Å². The molecule has 2 heteroatoms. The molecule has 0 aliphatic heterocycles. The summed E-state index contributed by atoms with van der Waals surface area (Å²) in [5.41, 5.74) is 1.97. The fraction of sp³-hybridized carbons (Fsp3) is 0.300. The molecule has 0 aliphatic carbocycles. The van der Waals surface area contributed by atoms with Crippen molar-refractivity contribution >= 4 is 5.91 Å². The second-order valence-corrected chi connectivity index (χ2v) is 2.63. The maximum Gasteiger partial charge on any atom is 0.251 e. The summed E-state index contributed by atoms with van der Waals surface area (Å²) >= 11 is 0. The van der Waals surface area contributed by atoms with Gasteiger partial charge in [0.15, 0.2) is 0 Å². The van der Waals surface area contributed by atoms with Gasteiger partial charge < -0.3 is 5.32 Å². The van der Waals surface area contributed by atoms with Crippen LogP contribution in [0.2, 0.25) is 0 Å². The van der Waals surface area contributed by atoms with Crippen molar-refractivity contribution in [3.05, 3.63) is 35.4 Å². The second-order valence-electron chi connectivity index (χ2n) is 2.63. The summed E-state index contributed by atoms with van der Waals surface area (Å²) < 4.78 is 0.